The van der Waals surface area contributed by atoms with E-state index in [-0.39, 0.29) is 12.5 Å². The van der Waals surface area contributed by atoms with Crippen LogP contribution in [0, 0.1) is 21.2 Å². The van der Waals surface area contributed by atoms with Crippen LogP contribution in [-0.2, 0) is 24.1 Å². The van der Waals surface area contributed by atoms with E-state index in [0.717, 1.165) is 33.8 Å². The number of benzene rings is 1. The second-order valence-corrected chi connectivity index (χ2v) is 9.33. The lowest BCUT2D eigenvalue weighted by Crippen LogP contribution is -2.45. The Morgan fingerprint density at radius 1 is 1.23 bits per heavy atom. The molecule has 0 bridgehead atoms. The molecule has 1 amide bonds. The molecule has 2 aromatic rings. The van der Waals surface area contributed by atoms with Crippen molar-refractivity contribution in [2.24, 2.45) is 0 Å². The van der Waals surface area contributed by atoms with Gasteiger partial charge in [0, 0.05) is 19.5 Å². The van der Waals surface area contributed by atoms with Crippen LogP contribution in [-0.4, -0.2) is 32.7 Å². The first-order chi connectivity index (χ1) is 14.0. The molecule has 1 atom stereocenters. The van der Waals surface area contributed by atoms with Crippen molar-refractivity contribution in [3.8, 4) is 0 Å². The first kappa shape index (κ1) is 22.9. The number of carbonyl (C=O) groups excluding carboxylic acids is 1. The Labute approximate surface area is 187 Å². The van der Waals surface area contributed by atoms with E-state index in [9.17, 15) is 18.0 Å². The molecule has 5 nitrogen and oxygen atoms in total. The van der Waals surface area contributed by atoms with Gasteiger partial charge in [-0.1, -0.05) is 6.92 Å². The monoisotopic (exact) mass is 535 g/mol. The van der Waals surface area contributed by atoms with Crippen molar-refractivity contribution in [2.75, 3.05) is 6.54 Å². The molecule has 0 fully saturated rings. The lowest BCUT2D eigenvalue weighted by atomic mass is 10.00. The highest BCUT2D eigenvalue weighted by atomic mass is 127. The van der Waals surface area contributed by atoms with Crippen LogP contribution < -0.4 is 0 Å². The van der Waals surface area contributed by atoms with Gasteiger partial charge in [0.2, 0.25) is 0 Å². The quantitative estimate of drug-likeness (QED) is 0.390. The van der Waals surface area contributed by atoms with Gasteiger partial charge in [0.25, 0.3) is 0 Å². The molecule has 3 rings (SSSR count). The lowest BCUT2D eigenvalue weighted by molar-refractivity contribution is 0.00934. The highest BCUT2D eigenvalue weighted by Gasteiger charge is 2.36. The van der Waals surface area contributed by atoms with Crippen molar-refractivity contribution in [3.05, 3.63) is 50.4 Å². The highest BCUT2D eigenvalue weighted by molar-refractivity contribution is 14.1. The van der Waals surface area contributed by atoms with Gasteiger partial charge in [0.15, 0.2) is 17.5 Å². The summed E-state index contributed by atoms with van der Waals surface area (Å²) < 4.78 is 49.0. The summed E-state index contributed by atoms with van der Waals surface area (Å²) in [6.45, 7) is 8.47. The molecule has 0 aliphatic carbocycles. The highest BCUT2D eigenvalue weighted by Crippen LogP contribution is 2.35. The van der Waals surface area contributed by atoms with Crippen molar-refractivity contribution in [1.82, 2.24) is 14.5 Å². The number of halogens is 4. The van der Waals surface area contributed by atoms with Gasteiger partial charge >= 0.3 is 6.09 Å². The summed E-state index contributed by atoms with van der Waals surface area (Å²) in [6.07, 6.45) is 0.976. The Hall–Kier alpha value is -1.78. The van der Waals surface area contributed by atoms with Crippen LogP contribution in [0.4, 0.5) is 18.0 Å². The number of fused-ring (bicyclic) bond motifs is 1. The normalized spacial score (nSPS) is 16.5. The molecule has 0 N–H and O–H groups in total. The summed E-state index contributed by atoms with van der Waals surface area (Å²) in [5, 5.41) is 0. The lowest BCUT2D eigenvalue weighted by Gasteiger charge is -2.38. The van der Waals surface area contributed by atoms with Gasteiger partial charge in [0.1, 0.15) is 15.1 Å². The number of ether oxygens (including phenoxy) is 1. The zero-order valence-corrected chi connectivity index (χ0v) is 19.6. The fraction of sp³-hybridized carbons (Fsp3) is 0.524. The van der Waals surface area contributed by atoms with Crippen LogP contribution in [0.15, 0.2) is 12.1 Å². The summed E-state index contributed by atoms with van der Waals surface area (Å²) in [5.41, 5.74) is 0.579. The average Bonchev–Trinajstić information content (AvgIpc) is 2.98. The predicted molar refractivity (Wildman–Crippen MR) is 115 cm³/mol. The second-order valence-electron chi connectivity index (χ2n) is 8.31. The minimum atomic E-state index is -1.48. The summed E-state index contributed by atoms with van der Waals surface area (Å²) >= 11 is 2.15. The number of amides is 1. The molecule has 9 heteroatoms. The van der Waals surface area contributed by atoms with E-state index >= 15 is 0 Å². The largest absolute Gasteiger partial charge is 0.444 e. The Morgan fingerprint density at radius 3 is 2.43 bits per heavy atom. The number of hydrogen-bond acceptors (Lipinski definition) is 3. The van der Waals surface area contributed by atoms with E-state index < -0.39 is 29.1 Å². The van der Waals surface area contributed by atoms with Gasteiger partial charge in [-0.25, -0.2) is 22.9 Å². The Morgan fingerprint density at radius 2 is 1.87 bits per heavy atom. The Balaban J connectivity index is 1.93. The zero-order valence-electron chi connectivity index (χ0n) is 17.4. The van der Waals surface area contributed by atoms with Crippen LogP contribution >= 0.6 is 22.6 Å². The smallest absolute Gasteiger partial charge is 0.410 e. The maximum atomic E-state index is 13.6. The van der Waals surface area contributed by atoms with E-state index in [4.69, 9.17) is 4.74 Å². The standard InChI is InChI=1S/C21H25F3IN3O2/c1-5-16-26-19(25)18-15(7-6-12-10-13(22)17(24)14(23)11-12)27(8-9-28(16)18)20(29)30-21(2,3)4/h10-11,15H,5-9H2,1-4H3. The average molecular weight is 535 g/mol. The van der Waals surface area contributed by atoms with E-state index in [0.29, 0.717) is 25.1 Å². The molecular weight excluding hydrogens is 510 g/mol. The van der Waals surface area contributed by atoms with Gasteiger partial charge in [-0.05, 0) is 73.9 Å². The molecule has 2 heterocycles. The minimum Gasteiger partial charge on any atom is -0.444 e. The van der Waals surface area contributed by atoms with Crippen LogP contribution in [0.5, 0.6) is 0 Å². The van der Waals surface area contributed by atoms with Crippen molar-refractivity contribution in [1.29, 1.82) is 0 Å². The van der Waals surface area contributed by atoms with Gasteiger partial charge in [0.05, 0.1) is 11.7 Å². The second kappa shape index (κ2) is 8.76. The third-order valence-corrected chi connectivity index (χ3v) is 5.79. The van der Waals surface area contributed by atoms with Gasteiger partial charge < -0.3 is 9.30 Å². The summed E-state index contributed by atoms with van der Waals surface area (Å²) in [4.78, 5) is 19.2. The molecule has 1 aromatic carbocycles. The molecule has 1 unspecified atom stereocenters. The van der Waals surface area contributed by atoms with Crippen molar-refractivity contribution < 1.29 is 22.7 Å². The number of hydrogen-bond donors (Lipinski definition) is 0. The van der Waals surface area contributed by atoms with E-state index in [1.807, 2.05) is 6.92 Å². The number of aryl methyl sites for hydroxylation is 2. The maximum absolute atomic E-state index is 13.6. The number of nitrogens with zero attached hydrogens (tertiary/aromatic N) is 3. The molecule has 0 saturated heterocycles. The number of carbonyl (C=O) groups is 1. The third kappa shape index (κ3) is 4.76. The third-order valence-electron chi connectivity index (χ3n) is 4.99. The molecule has 1 aromatic heterocycles. The Kier molecular flexibility index (Phi) is 6.69. The van der Waals surface area contributed by atoms with Crippen LogP contribution in [0.3, 0.4) is 0 Å². The predicted octanol–water partition coefficient (Wildman–Crippen LogP) is 5.39. The molecule has 1 aliphatic rings. The van der Waals surface area contributed by atoms with E-state index in [1.165, 1.54) is 0 Å². The number of aromatic nitrogens is 2. The molecule has 164 valence electrons. The summed E-state index contributed by atoms with van der Waals surface area (Å²) in [5.74, 6) is -2.98. The summed E-state index contributed by atoms with van der Waals surface area (Å²) in [6, 6.07) is 1.63. The number of rotatable bonds is 4. The van der Waals surface area contributed by atoms with Crippen LogP contribution in [0.1, 0.15) is 57.2 Å². The fourth-order valence-electron chi connectivity index (χ4n) is 3.72. The molecular formula is C21H25F3IN3O2. The molecule has 0 radical (unpaired) electrons. The van der Waals surface area contributed by atoms with Crippen LogP contribution in [0.2, 0.25) is 0 Å². The van der Waals surface area contributed by atoms with Crippen molar-refractivity contribution in [2.45, 2.75) is 65.1 Å². The first-order valence-electron chi connectivity index (χ1n) is 9.89. The Bertz CT molecular complexity index is 933. The SMILES string of the molecule is CCc1nc(I)c2n1CCN(C(=O)OC(C)(C)C)C2CCc1cc(F)c(F)c(F)c1. The van der Waals surface area contributed by atoms with E-state index in [2.05, 4.69) is 32.1 Å². The van der Waals surface area contributed by atoms with Gasteiger partial charge in [-0.15, -0.1) is 0 Å². The first-order valence-corrected chi connectivity index (χ1v) is 11.0. The molecule has 0 saturated carbocycles. The maximum Gasteiger partial charge on any atom is 0.410 e. The summed E-state index contributed by atoms with van der Waals surface area (Å²) in [7, 11) is 0. The number of imidazole rings is 1. The minimum absolute atomic E-state index is 0.265. The molecule has 0 spiro atoms. The zero-order chi connectivity index (χ0) is 22.2. The van der Waals surface area contributed by atoms with Gasteiger partial charge in [-0.3, -0.25) is 4.90 Å². The van der Waals surface area contributed by atoms with E-state index in [1.54, 1.807) is 25.7 Å². The topological polar surface area (TPSA) is 47.4 Å². The van der Waals surface area contributed by atoms with Crippen LogP contribution in [0.25, 0.3) is 0 Å². The molecule has 30 heavy (non-hydrogen) atoms. The fourth-order valence-corrected chi connectivity index (χ4v) is 4.65. The van der Waals surface area contributed by atoms with Crippen molar-refractivity contribution >= 4 is 28.7 Å². The molecule has 1 aliphatic heterocycles. The van der Waals surface area contributed by atoms with Crippen molar-refractivity contribution in [3.63, 3.8) is 0 Å². The van der Waals surface area contributed by atoms with Gasteiger partial charge in [-0.2, -0.15) is 0 Å².